The zero-order chi connectivity index (χ0) is 13.2. The van der Waals surface area contributed by atoms with Crippen LogP contribution < -0.4 is 10.1 Å². The van der Waals surface area contributed by atoms with E-state index in [-0.39, 0.29) is 0 Å². The lowest BCUT2D eigenvalue weighted by atomic mass is 10.3. The lowest BCUT2D eigenvalue weighted by molar-refractivity contribution is 0.415. The quantitative estimate of drug-likeness (QED) is 0.911. The molecule has 0 aliphatic heterocycles. The highest BCUT2D eigenvalue weighted by atomic mass is 35.5. The monoisotopic (exact) mass is 278 g/mol. The molecule has 6 heteroatoms. The zero-order valence-corrected chi connectivity index (χ0v) is 11.4. The van der Waals surface area contributed by atoms with E-state index < -0.39 is 0 Å². The van der Waals surface area contributed by atoms with Crippen LogP contribution in [-0.2, 0) is 6.54 Å². The smallest absolute Gasteiger partial charge is 0.137 e. The molecule has 0 amide bonds. The highest BCUT2D eigenvalue weighted by molar-refractivity contribution is 6.32. The minimum absolute atomic E-state index is 0.566. The second kappa shape index (κ2) is 5.19. The Labute approximate surface area is 116 Å². The van der Waals surface area contributed by atoms with Gasteiger partial charge in [-0.1, -0.05) is 16.8 Å². The number of aromatic nitrogens is 3. The van der Waals surface area contributed by atoms with Gasteiger partial charge in [-0.3, -0.25) is 0 Å². The molecule has 1 aromatic carbocycles. The first-order valence-electron chi connectivity index (χ1n) is 6.25. The lowest BCUT2D eigenvalue weighted by Crippen LogP contribution is -2.18. The number of benzene rings is 1. The van der Waals surface area contributed by atoms with Gasteiger partial charge in [0.15, 0.2) is 0 Å². The topological polar surface area (TPSA) is 52.0 Å². The van der Waals surface area contributed by atoms with Gasteiger partial charge in [0.05, 0.1) is 29.7 Å². The summed E-state index contributed by atoms with van der Waals surface area (Å²) in [6, 6.07) is 6.23. The van der Waals surface area contributed by atoms with Crippen molar-refractivity contribution >= 4 is 11.6 Å². The molecule has 1 aromatic heterocycles. The van der Waals surface area contributed by atoms with Crippen LogP contribution in [0.2, 0.25) is 5.02 Å². The van der Waals surface area contributed by atoms with E-state index in [1.54, 1.807) is 18.0 Å². The normalized spacial score (nSPS) is 14.6. The van der Waals surface area contributed by atoms with Gasteiger partial charge in [-0.05, 0) is 31.0 Å². The summed E-state index contributed by atoms with van der Waals surface area (Å²) in [4.78, 5) is 0. The summed E-state index contributed by atoms with van der Waals surface area (Å²) in [5.74, 6) is 0.656. The van der Waals surface area contributed by atoms with Gasteiger partial charge in [-0.2, -0.15) is 0 Å². The van der Waals surface area contributed by atoms with Crippen molar-refractivity contribution < 1.29 is 4.74 Å². The molecule has 1 aliphatic carbocycles. The predicted molar refractivity (Wildman–Crippen MR) is 72.8 cm³/mol. The van der Waals surface area contributed by atoms with E-state index in [1.807, 2.05) is 18.2 Å². The summed E-state index contributed by atoms with van der Waals surface area (Å²) >= 11 is 6.13. The molecule has 100 valence electrons. The molecular formula is C13H15ClN4O. The number of nitrogens with one attached hydrogen (secondary N) is 1. The van der Waals surface area contributed by atoms with Crippen LogP contribution in [0.1, 0.15) is 18.5 Å². The van der Waals surface area contributed by atoms with E-state index in [0.29, 0.717) is 16.8 Å². The Bertz CT molecular complexity index is 580. The highest BCUT2D eigenvalue weighted by Crippen LogP contribution is 2.27. The van der Waals surface area contributed by atoms with Crippen molar-refractivity contribution in [3.8, 4) is 11.4 Å². The van der Waals surface area contributed by atoms with Crippen LogP contribution >= 0.6 is 11.6 Å². The summed E-state index contributed by atoms with van der Waals surface area (Å²) < 4.78 is 6.94. The van der Waals surface area contributed by atoms with Crippen molar-refractivity contribution in [2.75, 3.05) is 7.11 Å². The van der Waals surface area contributed by atoms with Crippen molar-refractivity contribution in [2.24, 2.45) is 0 Å². The standard InChI is InChI=1S/C13H15ClN4O/c1-19-13-5-4-10(6-12(13)14)18-11(8-16-17-18)7-15-9-2-3-9/h4-6,8-9,15H,2-3,7H2,1H3. The van der Waals surface area contributed by atoms with Crippen LogP contribution in [0.4, 0.5) is 0 Å². The minimum Gasteiger partial charge on any atom is -0.495 e. The number of halogens is 1. The van der Waals surface area contributed by atoms with Crippen LogP contribution in [0, 0.1) is 0 Å². The summed E-state index contributed by atoms with van der Waals surface area (Å²) in [6.45, 7) is 0.765. The maximum absolute atomic E-state index is 6.13. The highest BCUT2D eigenvalue weighted by Gasteiger charge is 2.21. The molecule has 1 aliphatic rings. The Hall–Kier alpha value is -1.59. The first-order valence-corrected chi connectivity index (χ1v) is 6.62. The number of rotatable bonds is 5. The number of nitrogens with zero attached hydrogens (tertiary/aromatic N) is 3. The van der Waals surface area contributed by atoms with Gasteiger partial charge in [-0.15, -0.1) is 5.10 Å². The maximum atomic E-state index is 6.13. The second-order valence-corrected chi connectivity index (χ2v) is 5.02. The Kier molecular flexibility index (Phi) is 3.40. The number of hydrogen-bond donors (Lipinski definition) is 1. The zero-order valence-electron chi connectivity index (χ0n) is 10.6. The van der Waals surface area contributed by atoms with Crippen LogP contribution in [0.3, 0.4) is 0 Å². The number of ether oxygens (including phenoxy) is 1. The van der Waals surface area contributed by atoms with Crippen molar-refractivity contribution in [1.82, 2.24) is 20.3 Å². The first-order chi connectivity index (χ1) is 9.28. The molecule has 3 rings (SSSR count). The number of methoxy groups -OCH3 is 1. The van der Waals surface area contributed by atoms with Gasteiger partial charge >= 0.3 is 0 Å². The van der Waals surface area contributed by atoms with E-state index in [2.05, 4.69) is 15.6 Å². The first kappa shape index (κ1) is 12.4. The second-order valence-electron chi connectivity index (χ2n) is 4.61. The average Bonchev–Trinajstić information content (AvgIpc) is 3.13. The molecule has 1 N–H and O–H groups in total. The van der Waals surface area contributed by atoms with Crippen molar-refractivity contribution in [3.05, 3.63) is 35.1 Å². The van der Waals surface area contributed by atoms with E-state index in [0.717, 1.165) is 17.9 Å². The Morgan fingerprint density at radius 1 is 1.47 bits per heavy atom. The molecule has 0 radical (unpaired) electrons. The molecule has 1 fully saturated rings. The molecule has 2 aromatic rings. The third kappa shape index (κ3) is 2.72. The van der Waals surface area contributed by atoms with E-state index >= 15 is 0 Å². The SMILES string of the molecule is COc1ccc(-n2nncc2CNC2CC2)cc1Cl. The largest absolute Gasteiger partial charge is 0.495 e. The van der Waals surface area contributed by atoms with Crippen LogP contribution in [0.25, 0.3) is 5.69 Å². The Balaban J connectivity index is 1.84. The Morgan fingerprint density at radius 2 is 2.32 bits per heavy atom. The van der Waals surface area contributed by atoms with Gasteiger partial charge in [0.25, 0.3) is 0 Å². The fourth-order valence-corrected chi connectivity index (χ4v) is 2.17. The Morgan fingerprint density at radius 3 is 3.00 bits per heavy atom. The van der Waals surface area contributed by atoms with E-state index in [4.69, 9.17) is 16.3 Å². The summed E-state index contributed by atoms with van der Waals surface area (Å²) in [7, 11) is 1.60. The number of hydrogen-bond acceptors (Lipinski definition) is 4. The van der Waals surface area contributed by atoms with Gasteiger partial charge in [-0.25, -0.2) is 4.68 Å². The predicted octanol–water partition coefficient (Wildman–Crippen LogP) is 2.18. The van der Waals surface area contributed by atoms with Crippen molar-refractivity contribution in [2.45, 2.75) is 25.4 Å². The molecule has 0 spiro atoms. The van der Waals surface area contributed by atoms with Crippen molar-refractivity contribution in [3.63, 3.8) is 0 Å². The molecule has 5 nitrogen and oxygen atoms in total. The van der Waals surface area contributed by atoms with Crippen LogP contribution in [-0.4, -0.2) is 28.1 Å². The van der Waals surface area contributed by atoms with Gasteiger partial charge in [0, 0.05) is 12.6 Å². The van der Waals surface area contributed by atoms with Crippen LogP contribution in [0.5, 0.6) is 5.75 Å². The third-order valence-electron chi connectivity index (χ3n) is 3.15. The van der Waals surface area contributed by atoms with Crippen molar-refractivity contribution in [1.29, 1.82) is 0 Å². The van der Waals surface area contributed by atoms with Gasteiger partial charge < -0.3 is 10.1 Å². The molecule has 1 heterocycles. The summed E-state index contributed by atoms with van der Waals surface area (Å²) in [6.07, 6.45) is 4.29. The molecule has 0 bridgehead atoms. The van der Waals surface area contributed by atoms with Crippen LogP contribution in [0.15, 0.2) is 24.4 Å². The fraction of sp³-hybridized carbons (Fsp3) is 0.385. The molecular weight excluding hydrogens is 264 g/mol. The fourth-order valence-electron chi connectivity index (χ4n) is 1.92. The average molecular weight is 279 g/mol. The summed E-state index contributed by atoms with van der Waals surface area (Å²) in [5.41, 5.74) is 1.91. The maximum Gasteiger partial charge on any atom is 0.137 e. The minimum atomic E-state index is 0.566. The molecule has 0 saturated heterocycles. The van der Waals surface area contributed by atoms with Gasteiger partial charge in [0.2, 0.25) is 0 Å². The van der Waals surface area contributed by atoms with E-state index in [9.17, 15) is 0 Å². The van der Waals surface area contributed by atoms with E-state index in [1.165, 1.54) is 12.8 Å². The lowest BCUT2D eigenvalue weighted by Gasteiger charge is -2.09. The molecule has 0 unspecified atom stereocenters. The van der Waals surface area contributed by atoms with Gasteiger partial charge in [0.1, 0.15) is 5.75 Å². The third-order valence-corrected chi connectivity index (χ3v) is 3.44. The molecule has 0 atom stereocenters. The molecule has 1 saturated carbocycles. The summed E-state index contributed by atoms with van der Waals surface area (Å²) in [5, 5.41) is 12.1. The molecule has 19 heavy (non-hydrogen) atoms.